The molecular weight excluding hydrogens is 211 g/mol. The molecular formula is C16H24F. The maximum Gasteiger partial charge on any atom is 0.129 e. The molecule has 0 spiro atoms. The van der Waals surface area contributed by atoms with E-state index in [0.717, 1.165) is 36.8 Å². The zero-order chi connectivity index (χ0) is 12.5. The lowest BCUT2D eigenvalue weighted by molar-refractivity contribution is 0.575. The smallest absolute Gasteiger partial charge is 0.129 e. The Bertz CT molecular complexity index is 289. The van der Waals surface area contributed by atoms with E-state index in [0.29, 0.717) is 0 Å². The van der Waals surface area contributed by atoms with Crippen LogP contribution in [0.1, 0.15) is 63.5 Å². The highest BCUT2D eigenvalue weighted by Crippen LogP contribution is 2.17. The van der Waals surface area contributed by atoms with E-state index in [1.54, 1.807) is 0 Å². The van der Waals surface area contributed by atoms with Gasteiger partial charge in [0.05, 0.1) is 0 Å². The molecule has 0 aliphatic carbocycles. The van der Waals surface area contributed by atoms with Crippen LogP contribution in [0, 0.1) is 11.9 Å². The third-order valence-corrected chi connectivity index (χ3v) is 3.18. The van der Waals surface area contributed by atoms with Crippen LogP contribution in [0.4, 0.5) is 4.39 Å². The lowest BCUT2D eigenvalue weighted by atomic mass is 10.0. The average molecular weight is 235 g/mol. The molecule has 1 heteroatoms. The third kappa shape index (κ3) is 4.89. The quantitative estimate of drug-likeness (QED) is 0.550. The van der Waals surface area contributed by atoms with Crippen molar-refractivity contribution >= 4 is 0 Å². The van der Waals surface area contributed by atoms with Crippen molar-refractivity contribution in [2.45, 2.75) is 65.2 Å². The molecule has 0 saturated heterocycles. The molecule has 1 aromatic carbocycles. The topological polar surface area (TPSA) is 0 Å². The highest BCUT2D eigenvalue weighted by molar-refractivity contribution is 5.25. The molecule has 1 rings (SSSR count). The maximum absolute atomic E-state index is 14.1. The summed E-state index contributed by atoms with van der Waals surface area (Å²) < 4.78 is 14.1. The van der Waals surface area contributed by atoms with Crippen molar-refractivity contribution in [3.05, 3.63) is 35.1 Å². The van der Waals surface area contributed by atoms with Gasteiger partial charge in [0.1, 0.15) is 5.82 Å². The first-order chi connectivity index (χ1) is 8.29. The van der Waals surface area contributed by atoms with Gasteiger partial charge in [-0.2, -0.15) is 0 Å². The largest absolute Gasteiger partial charge is 0.206 e. The minimum Gasteiger partial charge on any atom is -0.206 e. The normalized spacial score (nSPS) is 10.8. The fourth-order valence-corrected chi connectivity index (χ4v) is 2.07. The number of hydrogen-bond donors (Lipinski definition) is 0. The fourth-order valence-electron chi connectivity index (χ4n) is 2.07. The van der Waals surface area contributed by atoms with Crippen molar-refractivity contribution < 1.29 is 4.39 Å². The first kappa shape index (κ1) is 14.2. The third-order valence-electron chi connectivity index (χ3n) is 3.18. The van der Waals surface area contributed by atoms with Crippen LogP contribution in [-0.4, -0.2) is 0 Å². The summed E-state index contributed by atoms with van der Waals surface area (Å²) >= 11 is 0. The molecule has 0 saturated carbocycles. The van der Waals surface area contributed by atoms with Crippen molar-refractivity contribution in [2.24, 2.45) is 0 Å². The summed E-state index contributed by atoms with van der Waals surface area (Å²) in [5, 5.41) is 0. The summed E-state index contributed by atoms with van der Waals surface area (Å²) in [6.07, 6.45) is 8.61. The van der Waals surface area contributed by atoms with Gasteiger partial charge in [-0.25, -0.2) is 4.39 Å². The second-order valence-corrected chi connectivity index (χ2v) is 4.73. The van der Waals surface area contributed by atoms with E-state index < -0.39 is 0 Å². The van der Waals surface area contributed by atoms with E-state index >= 15 is 0 Å². The SMILES string of the molecule is CCCCCc1c[c]cc(CCCCC)c1F. The van der Waals surface area contributed by atoms with Crippen molar-refractivity contribution in [1.29, 1.82) is 0 Å². The Morgan fingerprint density at radius 2 is 1.35 bits per heavy atom. The van der Waals surface area contributed by atoms with E-state index in [1.165, 1.54) is 25.7 Å². The molecule has 0 heterocycles. The number of rotatable bonds is 8. The van der Waals surface area contributed by atoms with Gasteiger partial charge in [-0.3, -0.25) is 0 Å². The highest BCUT2D eigenvalue weighted by Gasteiger charge is 2.07. The molecule has 0 aliphatic heterocycles. The molecule has 0 fully saturated rings. The Kier molecular flexibility index (Phi) is 6.91. The van der Waals surface area contributed by atoms with E-state index in [1.807, 2.05) is 12.1 Å². The fraction of sp³-hybridized carbons (Fsp3) is 0.625. The first-order valence-corrected chi connectivity index (χ1v) is 6.97. The predicted octanol–water partition coefficient (Wildman–Crippen LogP) is 5.09. The van der Waals surface area contributed by atoms with Gasteiger partial charge < -0.3 is 0 Å². The molecule has 0 bridgehead atoms. The summed E-state index contributed by atoms with van der Waals surface area (Å²) in [5.41, 5.74) is 1.71. The van der Waals surface area contributed by atoms with Gasteiger partial charge >= 0.3 is 0 Å². The van der Waals surface area contributed by atoms with E-state index in [2.05, 4.69) is 19.9 Å². The molecule has 17 heavy (non-hydrogen) atoms. The van der Waals surface area contributed by atoms with E-state index in [4.69, 9.17) is 0 Å². The highest BCUT2D eigenvalue weighted by atomic mass is 19.1. The average Bonchev–Trinajstić information content (AvgIpc) is 2.34. The van der Waals surface area contributed by atoms with E-state index in [9.17, 15) is 4.39 Å². The molecule has 0 unspecified atom stereocenters. The molecule has 1 aromatic rings. The molecule has 0 N–H and O–H groups in total. The van der Waals surface area contributed by atoms with Gasteiger partial charge in [-0.1, -0.05) is 39.5 Å². The minimum atomic E-state index is 0.0240. The molecule has 95 valence electrons. The Morgan fingerprint density at radius 3 is 1.76 bits per heavy atom. The summed E-state index contributed by atoms with van der Waals surface area (Å²) in [6, 6.07) is 6.71. The van der Waals surface area contributed by atoms with Gasteiger partial charge in [-0.05, 0) is 55.0 Å². The number of aryl methyl sites for hydroxylation is 2. The first-order valence-electron chi connectivity index (χ1n) is 6.97. The van der Waals surface area contributed by atoms with Crippen LogP contribution in [0.5, 0.6) is 0 Å². The van der Waals surface area contributed by atoms with Gasteiger partial charge in [0.2, 0.25) is 0 Å². The van der Waals surface area contributed by atoms with Gasteiger partial charge in [0, 0.05) is 0 Å². The lowest BCUT2D eigenvalue weighted by Crippen LogP contribution is -1.97. The summed E-state index contributed by atoms with van der Waals surface area (Å²) in [7, 11) is 0. The number of unbranched alkanes of at least 4 members (excludes halogenated alkanes) is 4. The van der Waals surface area contributed by atoms with Crippen molar-refractivity contribution in [2.75, 3.05) is 0 Å². The van der Waals surface area contributed by atoms with Crippen LogP contribution in [-0.2, 0) is 12.8 Å². The van der Waals surface area contributed by atoms with E-state index in [-0.39, 0.29) is 5.82 Å². The predicted molar refractivity (Wildman–Crippen MR) is 71.7 cm³/mol. The van der Waals surface area contributed by atoms with Crippen molar-refractivity contribution in [3.63, 3.8) is 0 Å². The number of hydrogen-bond acceptors (Lipinski definition) is 0. The Balaban J connectivity index is 2.56. The summed E-state index contributed by atoms with van der Waals surface area (Å²) in [5.74, 6) is 0.0240. The Hall–Kier alpha value is -0.850. The minimum absolute atomic E-state index is 0.0240. The van der Waals surface area contributed by atoms with Crippen LogP contribution in [0.3, 0.4) is 0 Å². The molecule has 0 amide bonds. The van der Waals surface area contributed by atoms with Crippen LogP contribution >= 0.6 is 0 Å². The van der Waals surface area contributed by atoms with Crippen molar-refractivity contribution in [1.82, 2.24) is 0 Å². The zero-order valence-corrected chi connectivity index (χ0v) is 11.2. The Labute approximate surface area is 105 Å². The summed E-state index contributed by atoms with van der Waals surface area (Å²) in [4.78, 5) is 0. The molecule has 0 aliphatic rings. The van der Waals surface area contributed by atoms with Gasteiger partial charge in [-0.15, -0.1) is 0 Å². The summed E-state index contributed by atoms with van der Waals surface area (Å²) in [6.45, 7) is 4.34. The van der Waals surface area contributed by atoms with Crippen LogP contribution in [0.25, 0.3) is 0 Å². The second-order valence-electron chi connectivity index (χ2n) is 4.73. The molecule has 0 nitrogen and oxygen atoms in total. The maximum atomic E-state index is 14.1. The van der Waals surface area contributed by atoms with Crippen LogP contribution < -0.4 is 0 Å². The number of benzene rings is 1. The Morgan fingerprint density at radius 1 is 0.882 bits per heavy atom. The lowest BCUT2D eigenvalue weighted by Gasteiger charge is -2.07. The molecule has 0 atom stereocenters. The van der Waals surface area contributed by atoms with Crippen LogP contribution in [0.2, 0.25) is 0 Å². The van der Waals surface area contributed by atoms with Crippen molar-refractivity contribution in [3.8, 4) is 0 Å². The van der Waals surface area contributed by atoms with Crippen LogP contribution in [0.15, 0.2) is 12.1 Å². The van der Waals surface area contributed by atoms with Gasteiger partial charge in [0.15, 0.2) is 0 Å². The molecule has 0 aromatic heterocycles. The monoisotopic (exact) mass is 235 g/mol. The standard InChI is InChI=1S/C16H24F/c1-3-5-7-10-14-12-9-13-15(16(14)17)11-8-6-4-2/h12-13H,3-8,10-11H2,1-2H3. The number of halogens is 1. The molecule has 1 radical (unpaired) electrons. The second kappa shape index (κ2) is 8.27. The zero-order valence-electron chi connectivity index (χ0n) is 11.2. The van der Waals surface area contributed by atoms with Gasteiger partial charge in [0.25, 0.3) is 0 Å².